The zero-order chi connectivity index (χ0) is 10.2. The fraction of sp³-hybridized carbons (Fsp3) is 0.778. The molecule has 5 heteroatoms. The Balaban J connectivity index is 2.21. The van der Waals surface area contributed by atoms with Gasteiger partial charge in [-0.2, -0.15) is 0 Å². The zero-order valence-electron chi connectivity index (χ0n) is 7.69. The highest BCUT2D eigenvalue weighted by molar-refractivity contribution is 5.83. The number of hydrogen-bond acceptors (Lipinski definition) is 4. The van der Waals surface area contributed by atoms with E-state index in [1.807, 2.05) is 0 Å². The van der Waals surface area contributed by atoms with Gasteiger partial charge in [-0.1, -0.05) is 0 Å². The van der Waals surface area contributed by atoms with Crippen LogP contribution in [0.4, 0.5) is 0 Å². The van der Waals surface area contributed by atoms with Gasteiger partial charge in [-0.25, -0.2) is 0 Å². The van der Waals surface area contributed by atoms with Gasteiger partial charge in [0.2, 0.25) is 0 Å². The molecular formula is C9H12O5. The lowest BCUT2D eigenvalue weighted by molar-refractivity contribution is -0.164. The maximum absolute atomic E-state index is 11.1. The summed E-state index contributed by atoms with van der Waals surface area (Å²) in [6.45, 7) is 0.939. The predicted octanol–water partition coefficient (Wildman–Crippen LogP) is 0.183. The second-order valence-corrected chi connectivity index (χ2v) is 3.75. The Labute approximate surface area is 81.0 Å². The van der Waals surface area contributed by atoms with E-state index in [0.717, 1.165) is 0 Å². The third kappa shape index (κ3) is 1.37. The molecule has 2 fully saturated rings. The maximum Gasteiger partial charge on any atom is 0.311 e. The molecule has 0 radical (unpaired) electrons. The van der Waals surface area contributed by atoms with E-state index >= 15 is 0 Å². The van der Waals surface area contributed by atoms with Crippen LogP contribution >= 0.6 is 0 Å². The molecule has 0 bridgehead atoms. The minimum Gasteiger partial charge on any atom is -0.481 e. The lowest BCUT2D eigenvalue weighted by Gasteiger charge is -2.34. The van der Waals surface area contributed by atoms with Gasteiger partial charge in [0.25, 0.3) is 0 Å². The molecule has 1 unspecified atom stereocenters. The molecule has 0 aromatic carbocycles. The SMILES string of the molecule is O=C1CC(C(=O)O)C2(CCOCC2)O1. The second kappa shape index (κ2) is 3.24. The lowest BCUT2D eigenvalue weighted by atomic mass is 9.81. The summed E-state index contributed by atoms with van der Waals surface area (Å²) < 4.78 is 10.3. The highest BCUT2D eigenvalue weighted by atomic mass is 16.6. The van der Waals surface area contributed by atoms with Crippen LogP contribution in [0.15, 0.2) is 0 Å². The third-order valence-electron chi connectivity index (χ3n) is 2.96. The van der Waals surface area contributed by atoms with E-state index in [9.17, 15) is 9.59 Å². The van der Waals surface area contributed by atoms with Crippen molar-refractivity contribution in [1.82, 2.24) is 0 Å². The Morgan fingerprint density at radius 1 is 1.43 bits per heavy atom. The number of hydrogen-bond donors (Lipinski definition) is 1. The molecule has 0 aromatic heterocycles. The molecule has 2 rings (SSSR count). The number of esters is 1. The summed E-state index contributed by atoms with van der Waals surface area (Å²) in [5.41, 5.74) is -0.791. The first-order valence-electron chi connectivity index (χ1n) is 4.66. The van der Waals surface area contributed by atoms with Crippen molar-refractivity contribution >= 4 is 11.9 Å². The van der Waals surface area contributed by atoms with Crippen LogP contribution in [0.3, 0.4) is 0 Å². The van der Waals surface area contributed by atoms with Crippen molar-refractivity contribution in [2.24, 2.45) is 5.92 Å². The third-order valence-corrected chi connectivity index (χ3v) is 2.96. The van der Waals surface area contributed by atoms with Crippen molar-refractivity contribution in [3.05, 3.63) is 0 Å². The maximum atomic E-state index is 11.1. The fourth-order valence-electron chi connectivity index (χ4n) is 2.17. The minimum absolute atomic E-state index is 0.00463. The number of carbonyl (C=O) groups excluding carboxylic acids is 1. The van der Waals surface area contributed by atoms with E-state index < -0.39 is 23.5 Å². The predicted molar refractivity (Wildman–Crippen MR) is 44.6 cm³/mol. The highest BCUT2D eigenvalue weighted by Crippen LogP contribution is 2.40. The average Bonchev–Trinajstić information content (AvgIpc) is 2.44. The van der Waals surface area contributed by atoms with Gasteiger partial charge in [-0.05, 0) is 0 Å². The molecule has 14 heavy (non-hydrogen) atoms. The Kier molecular flexibility index (Phi) is 2.19. The zero-order valence-corrected chi connectivity index (χ0v) is 7.69. The normalized spacial score (nSPS) is 30.3. The molecule has 2 aliphatic rings. The summed E-state index contributed by atoms with van der Waals surface area (Å²) in [6, 6.07) is 0. The summed E-state index contributed by atoms with van der Waals surface area (Å²) >= 11 is 0. The lowest BCUT2D eigenvalue weighted by Crippen LogP contribution is -2.44. The standard InChI is InChI=1S/C9H12O5/c10-7-5-6(8(11)12)9(14-7)1-3-13-4-2-9/h6H,1-5H2,(H,11,12). The van der Waals surface area contributed by atoms with Crippen LogP contribution in [0, 0.1) is 5.92 Å². The monoisotopic (exact) mass is 200 g/mol. The molecule has 78 valence electrons. The molecule has 2 saturated heterocycles. The smallest absolute Gasteiger partial charge is 0.311 e. The van der Waals surface area contributed by atoms with Crippen molar-refractivity contribution < 1.29 is 24.2 Å². The van der Waals surface area contributed by atoms with Gasteiger partial charge in [0.15, 0.2) is 0 Å². The van der Waals surface area contributed by atoms with Crippen molar-refractivity contribution in [3.8, 4) is 0 Å². The minimum atomic E-state index is -0.947. The summed E-state index contributed by atoms with van der Waals surface area (Å²) in [7, 11) is 0. The molecule has 2 aliphatic heterocycles. The van der Waals surface area contributed by atoms with E-state index in [4.69, 9.17) is 14.6 Å². The van der Waals surface area contributed by atoms with Gasteiger partial charge >= 0.3 is 11.9 Å². The van der Waals surface area contributed by atoms with E-state index in [1.54, 1.807) is 0 Å². The van der Waals surface area contributed by atoms with E-state index in [-0.39, 0.29) is 6.42 Å². The first-order chi connectivity index (χ1) is 6.64. The number of carbonyl (C=O) groups is 2. The molecule has 5 nitrogen and oxygen atoms in total. The molecule has 0 saturated carbocycles. The molecule has 0 aromatic rings. The summed E-state index contributed by atoms with van der Waals surface area (Å²) in [5, 5.41) is 8.98. The molecule has 1 atom stereocenters. The molecule has 1 spiro atoms. The summed E-state index contributed by atoms with van der Waals surface area (Å²) in [6.07, 6.45) is 0.987. The molecular weight excluding hydrogens is 188 g/mol. The van der Waals surface area contributed by atoms with Crippen molar-refractivity contribution in [3.63, 3.8) is 0 Å². The topological polar surface area (TPSA) is 72.8 Å². The van der Waals surface area contributed by atoms with Crippen LogP contribution in [0.5, 0.6) is 0 Å². The Morgan fingerprint density at radius 2 is 2.07 bits per heavy atom. The van der Waals surface area contributed by atoms with Gasteiger partial charge in [-0.3, -0.25) is 9.59 Å². The van der Waals surface area contributed by atoms with Gasteiger partial charge in [-0.15, -0.1) is 0 Å². The molecule has 0 aliphatic carbocycles. The van der Waals surface area contributed by atoms with Gasteiger partial charge in [0.1, 0.15) is 11.5 Å². The average molecular weight is 200 g/mol. The van der Waals surface area contributed by atoms with Crippen LogP contribution in [-0.2, 0) is 19.1 Å². The number of carboxylic acids is 1. The quantitative estimate of drug-likeness (QED) is 0.611. The van der Waals surface area contributed by atoms with Crippen molar-refractivity contribution in [2.45, 2.75) is 24.9 Å². The molecule has 2 heterocycles. The van der Waals surface area contributed by atoms with Crippen LogP contribution in [0.25, 0.3) is 0 Å². The van der Waals surface area contributed by atoms with Gasteiger partial charge in [0, 0.05) is 12.8 Å². The summed E-state index contributed by atoms with van der Waals surface area (Å²) in [4.78, 5) is 22.1. The first-order valence-corrected chi connectivity index (χ1v) is 4.66. The molecule has 1 N–H and O–H groups in total. The van der Waals surface area contributed by atoms with Gasteiger partial charge in [0.05, 0.1) is 19.6 Å². The van der Waals surface area contributed by atoms with E-state index in [2.05, 4.69) is 0 Å². The van der Waals surface area contributed by atoms with Crippen molar-refractivity contribution in [2.75, 3.05) is 13.2 Å². The van der Waals surface area contributed by atoms with Crippen LogP contribution < -0.4 is 0 Å². The van der Waals surface area contributed by atoms with Crippen LogP contribution in [0.2, 0.25) is 0 Å². The number of carboxylic acid groups (broad SMARTS) is 1. The Hall–Kier alpha value is -1.10. The van der Waals surface area contributed by atoms with Crippen LogP contribution in [0.1, 0.15) is 19.3 Å². The number of aliphatic carboxylic acids is 1. The largest absolute Gasteiger partial charge is 0.481 e. The number of rotatable bonds is 1. The van der Waals surface area contributed by atoms with E-state index in [0.29, 0.717) is 26.1 Å². The highest BCUT2D eigenvalue weighted by Gasteiger charge is 2.53. The fourth-order valence-corrected chi connectivity index (χ4v) is 2.17. The Bertz CT molecular complexity index is 266. The first kappa shape index (κ1) is 9.45. The van der Waals surface area contributed by atoms with Crippen molar-refractivity contribution in [1.29, 1.82) is 0 Å². The van der Waals surface area contributed by atoms with Crippen LogP contribution in [-0.4, -0.2) is 35.9 Å². The summed E-state index contributed by atoms with van der Waals surface area (Å²) in [5.74, 6) is -2.05. The Morgan fingerprint density at radius 3 is 2.64 bits per heavy atom. The van der Waals surface area contributed by atoms with E-state index in [1.165, 1.54) is 0 Å². The van der Waals surface area contributed by atoms with Gasteiger partial charge < -0.3 is 14.6 Å². The second-order valence-electron chi connectivity index (χ2n) is 3.75. The molecule has 0 amide bonds. The number of ether oxygens (including phenoxy) is 2.